The van der Waals surface area contributed by atoms with Crippen molar-refractivity contribution >= 4 is 5.91 Å². The van der Waals surface area contributed by atoms with Crippen molar-refractivity contribution in [1.82, 2.24) is 14.7 Å². The molecule has 1 aromatic carbocycles. The number of ether oxygens (including phenoxy) is 1. The minimum absolute atomic E-state index is 0.0962. The fourth-order valence-corrected chi connectivity index (χ4v) is 3.42. The van der Waals surface area contributed by atoms with Crippen LogP contribution >= 0.6 is 0 Å². The van der Waals surface area contributed by atoms with Crippen LogP contribution in [-0.2, 0) is 17.8 Å². The number of likely N-dealkylation sites (tertiary alicyclic amines) is 1. The van der Waals surface area contributed by atoms with E-state index in [2.05, 4.69) is 5.10 Å². The first-order chi connectivity index (χ1) is 12.0. The van der Waals surface area contributed by atoms with Crippen LogP contribution in [0.25, 0.3) is 0 Å². The van der Waals surface area contributed by atoms with Crippen molar-refractivity contribution in [3.8, 4) is 5.75 Å². The Morgan fingerprint density at radius 3 is 2.88 bits per heavy atom. The zero-order valence-corrected chi connectivity index (χ0v) is 15.3. The van der Waals surface area contributed by atoms with Gasteiger partial charge in [0.1, 0.15) is 5.75 Å². The van der Waals surface area contributed by atoms with Crippen LogP contribution in [0.4, 0.5) is 0 Å². The lowest BCUT2D eigenvalue weighted by molar-refractivity contribution is -0.131. The van der Waals surface area contributed by atoms with Gasteiger partial charge in [-0.05, 0) is 45.2 Å². The molecule has 1 saturated heterocycles. The summed E-state index contributed by atoms with van der Waals surface area (Å²) in [5.74, 6) is 0.982. The highest BCUT2D eigenvalue weighted by atomic mass is 16.5. The summed E-state index contributed by atoms with van der Waals surface area (Å²) < 4.78 is 7.80. The lowest BCUT2D eigenvalue weighted by Crippen LogP contribution is -2.39. The molecule has 1 aromatic heterocycles. The van der Waals surface area contributed by atoms with Gasteiger partial charge in [-0.2, -0.15) is 5.10 Å². The van der Waals surface area contributed by atoms with E-state index in [0.29, 0.717) is 6.42 Å². The first kappa shape index (κ1) is 17.5. The molecule has 0 N–H and O–H groups in total. The van der Waals surface area contributed by atoms with Crippen LogP contribution in [0.1, 0.15) is 37.8 Å². The van der Waals surface area contributed by atoms with Crippen molar-refractivity contribution in [2.45, 2.75) is 58.7 Å². The average molecular weight is 341 g/mol. The Morgan fingerprint density at radius 1 is 1.36 bits per heavy atom. The van der Waals surface area contributed by atoms with E-state index in [1.165, 1.54) is 0 Å². The number of aryl methyl sites for hydroxylation is 1. The van der Waals surface area contributed by atoms with Crippen molar-refractivity contribution in [3.63, 3.8) is 0 Å². The average Bonchev–Trinajstić information content (AvgIpc) is 3.18. The molecule has 25 heavy (non-hydrogen) atoms. The molecule has 2 heterocycles. The highest BCUT2D eigenvalue weighted by Gasteiger charge is 2.29. The van der Waals surface area contributed by atoms with Crippen molar-refractivity contribution in [3.05, 3.63) is 47.8 Å². The van der Waals surface area contributed by atoms with Gasteiger partial charge in [-0.3, -0.25) is 9.48 Å². The van der Waals surface area contributed by atoms with E-state index in [4.69, 9.17) is 4.74 Å². The van der Waals surface area contributed by atoms with Gasteiger partial charge in [0, 0.05) is 18.3 Å². The van der Waals surface area contributed by atoms with Crippen molar-refractivity contribution < 1.29 is 9.53 Å². The predicted octanol–water partition coefficient (Wildman–Crippen LogP) is 3.21. The lowest BCUT2D eigenvalue weighted by atomic mass is 10.1. The molecule has 1 atom stereocenters. The summed E-state index contributed by atoms with van der Waals surface area (Å²) in [5, 5.41) is 4.36. The SMILES string of the molecule is Cc1cnn(C[C@H]2CCCN2C(=O)Cc2ccccc2OC(C)C)c1. The standard InChI is InChI=1S/C20H27N3O2/c1-15(2)25-19-9-5-4-7-17(19)11-20(24)23-10-6-8-18(23)14-22-13-16(3)12-21-22/h4-5,7,9,12-13,15,18H,6,8,10-11,14H2,1-3H3/t18-/m1/s1. The van der Waals surface area contributed by atoms with Crippen LogP contribution in [-0.4, -0.2) is 39.3 Å². The molecule has 0 aliphatic carbocycles. The van der Waals surface area contributed by atoms with Gasteiger partial charge in [-0.1, -0.05) is 18.2 Å². The van der Waals surface area contributed by atoms with Gasteiger partial charge in [-0.25, -0.2) is 0 Å². The zero-order chi connectivity index (χ0) is 17.8. The molecule has 0 saturated carbocycles. The molecule has 1 fully saturated rings. The number of aromatic nitrogens is 2. The van der Waals surface area contributed by atoms with Crippen molar-refractivity contribution in [2.24, 2.45) is 0 Å². The van der Waals surface area contributed by atoms with Crippen LogP contribution in [0.15, 0.2) is 36.7 Å². The third-order valence-electron chi connectivity index (χ3n) is 4.53. The van der Waals surface area contributed by atoms with E-state index in [-0.39, 0.29) is 18.1 Å². The second-order valence-electron chi connectivity index (χ2n) is 7.07. The first-order valence-electron chi connectivity index (χ1n) is 9.06. The van der Waals surface area contributed by atoms with Crippen LogP contribution in [0.2, 0.25) is 0 Å². The summed E-state index contributed by atoms with van der Waals surface area (Å²) >= 11 is 0. The molecule has 1 aliphatic rings. The second kappa shape index (κ2) is 7.72. The van der Waals surface area contributed by atoms with Gasteiger partial charge in [0.2, 0.25) is 5.91 Å². The topological polar surface area (TPSA) is 47.4 Å². The Hall–Kier alpha value is -2.30. The van der Waals surface area contributed by atoms with Crippen LogP contribution < -0.4 is 4.74 Å². The van der Waals surface area contributed by atoms with Crippen LogP contribution in [0, 0.1) is 6.92 Å². The molecule has 3 rings (SSSR count). The smallest absolute Gasteiger partial charge is 0.227 e. The fraction of sp³-hybridized carbons (Fsp3) is 0.500. The molecule has 1 amide bonds. The number of nitrogens with zero attached hydrogens (tertiary/aromatic N) is 3. The minimum atomic E-state index is 0.0962. The Balaban J connectivity index is 1.68. The molecule has 2 aromatic rings. The summed E-state index contributed by atoms with van der Waals surface area (Å²) in [6.07, 6.45) is 6.47. The van der Waals surface area contributed by atoms with Gasteiger partial charge in [0.05, 0.1) is 31.3 Å². The summed E-state index contributed by atoms with van der Waals surface area (Å²) in [5.41, 5.74) is 2.11. The number of hydrogen-bond acceptors (Lipinski definition) is 3. The maximum absolute atomic E-state index is 12.9. The lowest BCUT2D eigenvalue weighted by Gasteiger charge is -2.25. The molecule has 5 heteroatoms. The summed E-state index contributed by atoms with van der Waals surface area (Å²) in [6.45, 7) is 7.63. The number of hydrogen-bond donors (Lipinski definition) is 0. The Labute approximate surface area is 149 Å². The number of carbonyl (C=O) groups is 1. The number of benzene rings is 1. The maximum atomic E-state index is 12.9. The molecule has 0 bridgehead atoms. The molecular formula is C20H27N3O2. The van der Waals surface area contributed by atoms with Gasteiger partial charge < -0.3 is 9.64 Å². The zero-order valence-electron chi connectivity index (χ0n) is 15.3. The Bertz CT molecular complexity index is 723. The molecule has 0 radical (unpaired) electrons. The Kier molecular flexibility index (Phi) is 5.41. The number of para-hydroxylation sites is 1. The largest absolute Gasteiger partial charge is 0.491 e. The van der Waals surface area contributed by atoms with Gasteiger partial charge in [0.25, 0.3) is 0 Å². The van der Waals surface area contributed by atoms with E-state index in [9.17, 15) is 4.79 Å². The normalized spacial score (nSPS) is 17.3. The number of carbonyl (C=O) groups excluding carboxylic acids is 1. The monoisotopic (exact) mass is 341 g/mol. The summed E-state index contributed by atoms with van der Waals surface area (Å²) in [6, 6.07) is 8.06. The van der Waals surface area contributed by atoms with Gasteiger partial charge >= 0.3 is 0 Å². The molecule has 0 unspecified atom stereocenters. The highest BCUT2D eigenvalue weighted by molar-refractivity contribution is 5.80. The van der Waals surface area contributed by atoms with Crippen molar-refractivity contribution in [2.75, 3.05) is 6.54 Å². The van der Waals surface area contributed by atoms with Crippen LogP contribution in [0.3, 0.4) is 0 Å². The number of amides is 1. The van der Waals surface area contributed by atoms with Gasteiger partial charge in [0.15, 0.2) is 0 Å². The molecular weight excluding hydrogens is 314 g/mol. The third kappa shape index (κ3) is 4.41. The molecule has 134 valence electrons. The fourth-order valence-electron chi connectivity index (χ4n) is 3.42. The minimum Gasteiger partial charge on any atom is -0.491 e. The third-order valence-corrected chi connectivity index (χ3v) is 4.53. The van der Waals surface area contributed by atoms with E-state index in [1.54, 1.807) is 0 Å². The van der Waals surface area contributed by atoms with Crippen molar-refractivity contribution in [1.29, 1.82) is 0 Å². The van der Waals surface area contributed by atoms with Crippen LogP contribution in [0.5, 0.6) is 5.75 Å². The van der Waals surface area contributed by atoms with E-state index < -0.39 is 0 Å². The van der Waals surface area contributed by atoms with E-state index >= 15 is 0 Å². The Morgan fingerprint density at radius 2 is 2.16 bits per heavy atom. The quantitative estimate of drug-likeness (QED) is 0.810. The number of rotatable bonds is 6. The van der Waals surface area contributed by atoms with E-state index in [0.717, 1.165) is 42.8 Å². The second-order valence-corrected chi connectivity index (χ2v) is 7.07. The van der Waals surface area contributed by atoms with Gasteiger partial charge in [-0.15, -0.1) is 0 Å². The molecule has 5 nitrogen and oxygen atoms in total. The first-order valence-corrected chi connectivity index (χ1v) is 9.06. The van der Waals surface area contributed by atoms with E-state index in [1.807, 2.05) is 67.0 Å². The molecule has 1 aliphatic heterocycles. The maximum Gasteiger partial charge on any atom is 0.227 e. The predicted molar refractivity (Wildman–Crippen MR) is 97.6 cm³/mol. The highest BCUT2D eigenvalue weighted by Crippen LogP contribution is 2.24. The summed E-state index contributed by atoms with van der Waals surface area (Å²) in [4.78, 5) is 14.9. The summed E-state index contributed by atoms with van der Waals surface area (Å²) in [7, 11) is 0. The molecule has 0 spiro atoms.